The number of hydrogen-bond donors (Lipinski definition) is 1. The van der Waals surface area contributed by atoms with Crippen LogP contribution < -0.4 is 14.8 Å². The zero-order valence-electron chi connectivity index (χ0n) is 12.3. The molecule has 3 nitrogen and oxygen atoms in total. The van der Waals surface area contributed by atoms with Crippen molar-refractivity contribution in [2.24, 2.45) is 5.92 Å². The molecule has 0 saturated heterocycles. The molecule has 1 aromatic rings. The molecule has 1 rings (SSSR count). The maximum absolute atomic E-state index is 5.39. The molecule has 0 aliphatic heterocycles. The molecule has 0 bridgehead atoms. The van der Waals surface area contributed by atoms with Gasteiger partial charge >= 0.3 is 0 Å². The van der Waals surface area contributed by atoms with Crippen LogP contribution in [0.25, 0.3) is 0 Å². The number of ether oxygens (including phenoxy) is 2. The lowest BCUT2D eigenvalue weighted by Crippen LogP contribution is -2.26. The minimum absolute atomic E-state index is 0.342. The second-order valence-electron chi connectivity index (χ2n) is 4.84. The zero-order valence-corrected chi connectivity index (χ0v) is 12.3. The fourth-order valence-corrected chi connectivity index (χ4v) is 2.26. The summed E-state index contributed by atoms with van der Waals surface area (Å²) in [5.74, 6) is 2.11. The first-order valence-electron chi connectivity index (χ1n) is 6.51. The predicted molar refractivity (Wildman–Crippen MR) is 75.5 cm³/mol. The van der Waals surface area contributed by atoms with Gasteiger partial charge in [0.25, 0.3) is 0 Å². The van der Waals surface area contributed by atoms with Crippen molar-refractivity contribution in [2.45, 2.75) is 33.7 Å². The summed E-state index contributed by atoms with van der Waals surface area (Å²) in [6, 6.07) is 4.47. The van der Waals surface area contributed by atoms with Gasteiger partial charge in [0.1, 0.15) is 0 Å². The summed E-state index contributed by atoms with van der Waals surface area (Å²) in [5, 5.41) is 3.53. The minimum atomic E-state index is 0.342. The summed E-state index contributed by atoms with van der Waals surface area (Å²) < 4.78 is 10.7. The molecule has 102 valence electrons. The van der Waals surface area contributed by atoms with E-state index in [2.05, 4.69) is 39.1 Å². The molecule has 0 aromatic heterocycles. The third kappa shape index (κ3) is 3.16. The van der Waals surface area contributed by atoms with Crippen LogP contribution in [0.1, 0.15) is 37.9 Å². The molecule has 18 heavy (non-hydrogen) atoms. The van der Waals surface area contributed by atoms with E-state index in [1.165, 1.54) is 11.1 Å². The standard InChI is InChI=1S/C15H25NO2/c1-7-16-15(10(2)3)12-9-14(18-6)13(17-5)8-11(12)4/h8-10,15-16H,7H2,1-6H3. The van der Waals surface area contributed by atoms with Crippen molar-refractivity contribution in [3.63, 3.8) is 0 Å². The third-order valence-electron chi connectivity index (χ3n) is 3.20. The van der Waals surface area contributed by atoms with E-state index in [1.807, 2.05) is 6.07 Å². The minimum Gasteiger partial charge on any atom is -0.493 e. The molecule has 1 N–H and O–H groups in total. The lowest BCUT2D eigenvalue weighted by atomic mass is 9.92. The SMILES string of the molecule is CCNC(c1cc(OC)c(OC)cc1C)C(C)C. The van der Waals surface area contributed by atoms with Crippen molar-refractivity contribution in [3.05, 3.63) is 23.3 Å². The van der Waals surface area contributed by atoms with Crippen LogP contribution in [-0.4, -0.2) is 20.8 Å². The molecular formula is C15H25NO2. The molecule has 0 aliphatic rings. The van der Waals surface area contributed by atoms with Crippen LogP contribution >= 0.6 is 0 Å². The monoisotopic (exact) mass is 251 g/mol. The molecule has 0 saturated carbocycles. The first-order valence-corrected chi connectivity index (χ1v) is 6.51. The third-order valence-corrected chi connectivity index (χ3v) is 3.20. The van der Waals surface area contributed by atoms with Crippen molar-refractivity contribution in [1.29, 1.82) is 0 Å². The summed E-state index contributed by atoms with van der Waals surface area (Å²) in [7, 11) is 3.34. The quantitative estimate of drug-likeness (QED) is 0.841. The number of nitrogens with one attached hydrogen (secondary N) is 1. The van der Waals surface area contributed by atoms with Crippen molar-refractivity contribution >= 4 is 0 Å². The van der Waals surface area contributed by atoms with E-state index in [0.717, 1.165) is 18.0 Å². The van der Waals surface area contributed by atoms with Crippen LogP contribution in [0.4, 0.5) is 0 Å². The second kappa shape index (κ2) is 6.64. The fourth-order valence-electron chi connectivity index (χ4n) is 2.26. The first-order chi connectivity index (χ1) is 8.54. The maximum atomic E-state index is 5.39. The van der Waals surface area contributed by atoms with Crippen molar-refractivity contribution in [3.8, 4) is 11.5 Å². The Hall–Kier alpha value is -1.22. The average molecular weight is 251 g/mol. The smallest absolute Gasteiger partial charge is 0.161 e. The summed E-state index contributed by atoms with van der Waals surface area (Å²) in [6.07, 6.45) is 0. The Bertz CT molecular complexity index is 388. The zero-order chi connectivity index (χ0) is 13.7. The Kier molecular flexibility index (Phi) is 5.48. The molecule has 1 atom stereocenters. The second-order valence-corrected chi connectivity index (χ2v) is 4.84. The fraction of sp³-hybridized carbons (Fsp3) is 0.600. The van der Waals surface area contributed by atoms with Crippen LogP contribution in [-0.2, 0) is 0 Å². The van der Waals surface area contributed by atoms with Crippen LogP contribution in [0.3, 0.4) is 0 Å². The topological polar surface area (TPSA) is 30.5 Å². The van der Waals surface area contributed by atoms with E-state index < -0.39 is 0 Å². The molecule has 0 radical (unpaired) electrons. The van der Waals surface area contributed by atoms with Gasteiger partial charge in [-0.3, -0.25) is 0 Å². The highest BCUT2D eigenvalue weighted by atomic mass is 16.5. The van der Waals surface area contributed by atoms with Gasteiger partial charge in [-0.1, -0.05) is 20.8 Å². The number of aryl methyl sites for hydroxylation is 1. The normalized spacial score (nSPS) is 12.6. The maximum Gasteiger partial charge on any atom is 0.161 e. The number of rotatable bonds is 6. The van der Waals surface area contributed by atoms with Gasteiger partial charge in [-0.2, -0.15) is 0 Å². The Morgan fingerprint density at radius 3 is 2.11 bits per heavy atom. The number of hydrogen-bond acceptors (Lipinski definition) is 3. The van der Waals surface area contributed by atoms with Crippen LogP contribution in [0.2, 0.25) is 0 Å². The highest BCUT2D eigenvalue weighted by Crippen LogP contribution is 2.34. The molecule has 0 fully saturated rings. The Balaban J connectivity index is 3.21. The highest BCUT2D eigenvalue weighted by molar-refractivity contribution is 5.48. The van der Waals surface area contributed by atoms with Gasteiger partial charge in [0.15, 0.2) is 11.5 Å². The Morgan fingerprint density at radius 2 is 1.67 bits per heavy atom. The molecule has 0 heterocycles. The first kappa shape index (κ1) is 14.8. The Labute approximate surface area is 110 Å². The van der Waals surface area contributed by atoms with Gasteiger partial charge < -0.3 is 14.8 Å². The molecule has 0 aliphatic carbocycles. The van der Waals surface area contributed by atoms with E-state index >= 15 is 0 Å². The van der Waals surface area contributed by atoms with E-state index in [0.29, 0.717) is 12.0 Å². The average Bonchev–Trinajstić information content (AvgIpc) is 2.35. The van der Waals surface area contributed by atoms with Gasteiger partial charge in [0.05, 0.1) is 14.2 Å². The molecule has 0 spiro atoms. The van der Waals surface area contributed by atoms with Crippen LogP contribution in [0.5, 0.6) is 11.5 Å². The summed E-state index contributed by atoms with van der Waals surface area (Å²) in [4.78, 5) is 0. The predicted octanol–water partition coefficient (Wildman–Crippen LogP) is 3.32. The summed E-state index contributed by atoms with van der Waals surface area (Å²) in [6.45, 7) is 9.65. The van der Waals surface area contributed by atoms with Gasteiger partial charge in [0, 0.05) is 6.04 Å². The van der Waals surface area contributed by atoms with Gasteiger partial charge in [-0.05, 0) is 42.6 Å². The van der Waals surface area contributed by atoms with Crippen molar-refractivity contribution in [2.75, 3.05) is 20.8 Å². The van der Waals surface area contributed by atoms with E-state index in [-0.39, 0.29) is 0 Å². The van der Waals surface area contributed by atoms with E-state index in [4.69, 9.17) is 9.47 Å². The van der Waals surface area contributed by atoms with E-state index in [9.17, 15) is 0 Å². The summed E-state index contributed by atoms with van der Waals surface area (Å²) in [5.41, 5.74) is 2.51. The van der Waals surface area contributed by atoms with Crippen molar-refractivity contribution < 1.29 is 9.47 Å². The van der Waals surface area contributed by atoms with Gasteiger partial charge in [-0.25, -0.2) is 0 Å². The highest BCUT2D eigenvalue weighted by Gasteiger charge is 2.19. The van der Waals surface area contributed by atoms with E-state index in [1.54, 1.807) is 14.2 Å². The number of benzene rings is 1. The van der Waals surface area contributed by atoms with Gasteiger partial charge in [0.2, 0.25) is 0 Å². The van der Waals surface area contributed by atoms with Crippen LogP contribution in [0, 0.1) is 12.8 Å². The van der Waals surface area contributed by atoms with Crippen LogP contribution in [0.15, 0.2) is 12.1 Å². The number of methoxy groups -OCH3 is 2. The molecule has 1 unspecified atom stereocenters. The Morgan fingerprint density at radius 1 is 1.11 bits per heavy atom. The lowest BCUT2D eigenvalue weighted by molar-refractivity contribution is 0.351. The molecule has 0 amide bonds. The van der Waals surface area contributed by atoms with Crippen molar-refractivity contribution in [1.82, 2.24) is 5.32 Å². The molecule has 1 aromatic carbocycles. The molecule has 3 heteroatoms. The lowest BCUT2D eigenvalue weighted by Gasteiger charge is -2.25. The largest absolute Gasteiger partial charge is 0.493 e. The van der Waals surface area contributed by atoms with Gasteiger partial charge in [-0.15, -0.1) is 0 Å². The molecular weight excluding hydrogens is 226 g/mol. The summed E-state index contributed by atoms with van der Waals surface area (Å²) >= 11 is 0.